The number of carboxylic acids is 2. The van der Waals surface area contributed by atoms with E-state index in [0.29, 0.717) is 5.69 Å². The number of benzene rings is 1. The number of aromatic carboxylic acids is 1. The van der Waals surface area contributed by atoms with E-state index >= 15 is 0 Å². The monoisotopic (exact) mass is 324 g/mol. The van der Waals surface area contributed by atoms with Crippen LogP contribution >= 0.6 is 11.8 Å². The number of nitrogens with zero attached hydrogens (tertiary/aromatic N) is 1. The number of thioether (sulfide) groups is 1. The average Bonchev–Trinajstić information content (AvgIpc) is 2.71. The summed E-state index contributed by atoms with van der Waals surface area (Å²) in [5.41, 5.74) is 0.438. The molecule has 3 N–H and O–H groups in total. The third-order valence-corrected chi connectivity index (χ3v) is 3.86. The molecule has 2 rings (SSSR count). The second-order valence-electron chi connectivity index (χ2n) is 4.43. The van der Waals surface area contributed by atoms with Crippen LogP contribution in [0.2, 0.25) is 0 Å². The smallest absolute Gasteiger partial charge is 0.335 e. The Balaban J connectivity index is 2.06. The van der Waals surface area contributed by atoms with Gasteiger partial charge in [0.2, 0.25) is 0 Å². The molecule has 2 amide bonds. The predicted octanol–water partition coefficient (Wildman–Crippen LogP) is 1.29. The highest BCUT2D eigenvalue weighted by Crippen LogP contribution is 2.28. The van der Waals surface area contributed by atoms with Crippen LogP contribution in [0.4, 0.5) is 10.5 Å². The Morgan fingerprint density at radius 2 is 2.00 bits per heavy atom. The van der Waals surface area contributed by atoms with Crippen LogP contribution in [0.15, 0.2) is 24.3 Å². The zero-order valence-corrected chi connectivity index (χ0v) is 12.0. The number of hydrogen-bond donors (Lipinski definition) is 3. The molecular weight excluding hydrogens is 312 g/mol. The molecule has 116 valence electrons. The molecule has 1 heterocycles. The Hall–Kier alpha value is -2.55. The number of carboxylic acid groups (broad SMARTS) is 2. The Morgan fingerprint density at radius 3 is 2.64 bits per heavy atom. The highest BCUT2D eigenvalue weighted by molar-refractivity contribution is 8.15. The third kappa shape index (κ3) is 3.55. The topological polar surface area (TPSA) is 124 Å². The van der Waals surface area contributed by atoms with Crippen molar-refractivity contribution < 1.29 is 29.4 Å². The molecule has 0 aromatic heterocycles. The van der Waals surface area contributed by atoms with E-state index in [1.54, 1.807) is 6.07 Å². The van der Waals surface area contributed by atoms with Crippen molar-refractivity contribution in [1.82, 2.24) is 4.90 Å². The quantitative estimate of drug-likeness (QED) is 0.715. The van der Waals surface area contributed by atoms with Crippen molar-refractivity contribution in [1.29, 1.82) is 0 Å². The van der Waals surface area contributed by atoms with Crippen LogP contribution in [0.3, 0.4) is 0 Å². The van der Waals surface area contributed by atoms with Crippen molar-refractivity contribution in [2.45, 2.75) is 11.8 Å². The lowest BCUT2D eigenvalue weighted by atomic mass is 10.2. The van der Waals surface area contributed by atoms with E-state index in [0.717, 1.165) is 16.7 Å². The van der Waals surface area contributed by atoms with E-state index < -0.39 is 28.5 Å². The summed E-state index contributed by atoms with van der Waals surface area (Å²) in [7, 11) is 0. The fourth-order valence-electron chi connectivity index (χ4n) is 1.84. The lowest BCUT2D eigenvalue weighted by Crippen LogP contribution is -2.35. The summed E-state index contributed by atoms with van der Waals surface area (Å²) in [5.74, 6) is -2.75. The number of nitrogens with one attached hydrogen (secondary N) is 1. The molecule has 1 aliphatic heterocycles. The summed E-state index contributed by atoms with van der Waals surface area (Å²) in [6.07, 6.45) is -0.320. The Morgan fingerprint density at radius 1 is 1.27 bits per heavy atom. The molecule has 0 saturated carbocycles. The SMILES string of the molecule is O=C(O)CCN1C(=O)S[C@H](Nc2cccc(C(=O)O)c2)C1=O. The molecule has 8 nitrogen and oxygen atoms in total. The summed E-state index contributed by atoms with van der Waals surface area (Å²) in [4.78, 5) is 46.1. The van der Waals surface area contributed by atoms with E-state index in [2.05, 4.69) is 5.32 Å². The minimum atomic E-state index is -1.10. The van der Waals surface area contributed by atoms with Gasteiger partial charge in [-0.2, -0.15) is 0 Å². The minimum Gasteiger partial charge on any atom is -0.481 e. The normalized spacial score (nSPS) is 17.6. The van der Waals surface area contributed by atoms with Gasteiger partial charge in [0.15, 0.2) is 5.37 Å². The van der Waals surface area contributed by atoms with Crippen LogP contribution in [0.1, 0.15) is 16.8 Å². The summed E-state index contributed by atoms with van der Waals surface area (Å²) < 4.78 is 0. The average molecular weight is 324 g/mol. The molecule has 0 bridgehead atoms. The predicted molar refractivity (Wildman–Crippen MR) is 77.8 cm³/mol. The second kappa shape index (κ2) is 6.48. The maximum absolute atomic E-state index is 12.1. The fourth-order valence-corrected chi connectivity index (χ4v) is 2.77. The number of amides is 2. The largest absolute Gasteiger partial charge is 0.481 e. The maximum atomic E-state index is 12.1. The molecule has 0 unspecified atom stereocenters. The van der Waals surface area contributed by atoms with Crippen LogP contribution in [0.5, 0.6) is 0 Å². The molecule has 1 aromatic carbocycles. The van der Waals surface area contributed by atoms with Gasteiger partial charge >= 0.3 is 11.9 Å². The van der Waals surface area contributed by atoms with Gasteiger partial charge in [-0.05, 0) is 30.0 Å². The third-order valence-electron chi connectivity index (χ3n) is 2.89. The fraction of sp³-hybridized carbons (Fsp3) is 0.231. The molecule has 1 saturated heterocycles. The first kappa shape index (κ1) is 15.8. The number of rotatable bonds is 6. The first-order valence-corrected chi connectivity index (χ1v) is 7.10. The van der Waals surface area contributed by atoms with Gasteiger partial charge in [0.1, 0.15) is 0 Å². The molecule has 9 heteroatoms. The number of carbonyl (C=O) groups excluding carboxylic acids is 2. The molecule has 1 aromatic rings. The molecule has 1 atom stereocenters. The minimum absolute atomic E-state index is 0.0505. The van der Waals surface area contributed by atoms with Gasteiger partial charge in [-0.1, -0.05) is 6.07 Å². The number of anilines is 1. The van der Waals surface area contributed by atoms with Crippen LogP contribution in [0.25, 0.3) is 0 Å². The van der Waals surface area contributed by atoms with Gasteiger partial charge in [0, 0.05) is 12.2 Å². The number of carbonyl (C=O) groups is 4. The Bertz CT molecular complexity index is 647. The van der Waals surface area contributed by atoms with Crippen molar-refractivity contribution in [3.05, 3.63) is 29.8 Å². The number of imide groups is 1. The van der Waals surface area contributed by atoms with Crippen LogP contribution < -0.4 is 5.32 Å². The molecular formula is C13H12N2O6S. The molecule has 0 spiro atoms. The Labute approximate surface area is 129 Å². The molecule has 1 fully saturated rings. The van der Waals surface area contributed by atoms with Gasteiger partial charge in [-0.3, -0.25) is 19.3 Å². The van der Waals surface area contributed by atoms with Crippen LogP contribution in [-0.2, 0) is 9.59 Å². The molecule has 0 radical (unpaired) electrons. The molecule has 1 aliphatic rings. The van der Waals surface area contributed by atoms with Crippen molar-refractivity contribution in [3.8, 4) is 0 Å². The molecule has 22 heavy (non-hydrogen) atoms. The van der Waals surface area contributed by atoms with E-state index in [1.807, 2.05) is 0 Å². The summed E-state index contributed by atoms with van der Waals surface area (Å²) >= 11 is 0.729. The van der Waals surface area contributed by atoms with Gasteiger partial charge in [-0.25, -0.2) is 4.79 Å². The standard InChI is InChI=1S/C13H12N2O6S/c16-9(17)4-5-15-11(18)10(22-13(15)21)14-8-3-1-2-7(6-8)12(19)20/h1-3,6,10,14H,4-5H2,(H,16,17)(H,19,20)/t10-/m0/s1. The van der Waals surface area contributed by atoms with Crippen molar-refractivity contribution in [2.75, 3.05) is 11.9 Å². The van der Waals surface area contributed by atoms with E-state index in [4.69, 9.17) is 10.2 Å². The zero-order valence-electron chi connectivity index (χ0n) is 11.2. The molecule has 0 aliphatic carbocycles. The van der Waals surface area contributed by atoms with E-state index in [1.165, 1.54) is 18.2 Å². The van der Waals surface area contributed by atoms with Crippen molar-refractivity contribution >= 4 is 40.5 Å². The van der Waals surface area contributed by atoms with Crippen LogP contribution in [-0.4, -0.2) is 50.1 Å². The maximum Gasteiger partial charge on any atom is 0.335 e. The summed E-state index contributed by atoms with van der Waals surface area (Å²) in [6.45, 7) is -0.187. The van der Waals surface area contributed by atoms with Gasteiger partial charge in [-0.15, -0.1) is 0 Å². The van der Waals surface area contributed by atoms with E-state index in [-0.39, 0.29) is 18.5 Å². The first-order chi connectivity index (χ1) is 10.4. The number of hydrogen-bond acceptors (Lipinski definition) is 6. The van der Waals surface area contributed by atoms with Gasteiger partial charge in [0.05, 0.1) is 12.0 Å². The van der Waals surface area contributed by atoms with Crippen molar-refractivity contribution in [3.63, 3.8) is 0 Å². The highest BCUT2D eigenvalue weighted by atomic mass is 32.2. The van der Waals surface area contributed by atoms with Crippen LogP contribution in [0, 0.1) is 0 Å². The lowest BCUT2D eigenvalue weighted by Gasteiger charge is -2.14. The summed E-state index contributed by atoms with van der Waals surface area (Å²) in [5, 5.41) is 18.9. The lowest BCUT2D eigenvalue weighted by molar-refractivity contribution is -0.137. The number of aliphatic carboxylic acids is 1. The Kier molecular flexibility index (Phi) is 4.66. The van der Waals surface area contributed by atoms with Gasteiger partial charge < -0.3 is 15.5 Å². The second-order valence-corrected chi connectivity index (χ2v) is 5.48. The zero-order chi connectivity index (χ0) is 16.3. The highest BCUT2D eigenvalue weighted by Gasteiger charge is 2.39. The van der Waals surface area contributed by atoms with Gasteiger partial charge in [0.25, 0.3) is 11.1 Å². The summed E-state index contributed by atoms with van der Waals surface area (Å²) in [6, 6.07) is 5.84. The van der Waals surface area contributed by atoms with E-state index in [9.17, 15) is 19.2 Å². The van der Waals surface area contributed by atoms with Crippen molar-refractivity contribution in [2.24, 2.45) is 0 Å². The first-order valence-electron chi connectivity index (χ1n) is 6.22.